The molecule has 1 aliphatic rings. The van der Waals surface area contributed by atoms with E-state index in [1.807, 2.05) is 48.5 Å². The van der Waals surface area contributed by atoms with E-state index < -0.39 is 12.0 Å². The van der Waals surface area contributed by atoms with E-state index in [0.29, 0.717) is 37.9 Å². The summed E-state index contributed by atoms with van der Waals surface area (Å²) in [6.45, 7) is 5.41. The van der Waals surface area contributed by atoms with Gasteiger partial charge in [0.15, 0.2) is 4.80 Å². The molecule has 0 aliphatic carbocycles. The van der Waals surface area contributed by atoms with Crippen LogP contribution >= 0.6 is 27.3 Å². The Balaban J connectivity index is 1.62. The molecule has 0 saturated heterocycles. The van der Waals surface area contributed by atoms with Crippen LogP contribution < -0.4 is 19.6 Å². The Kier molecular flexibility index (Phi) is 7.31. The molecule has 192 valence electrons. The second-order valence-corrected chi connectivity index (χ2v) is 10.4. The van der Waals surface area contributed by atoms with Crippen LogP contribution in [0.25, 0.3) is 17.4 Å². The Labute approximate surface area is 230 Å². The second-order valence-electron chi connectivity index (χ2n) is 8.45. The van der Waals surface area contributed by atoms with E-state index in [1.165, 1.54) is 22.0 Å². The first-order valence-corrected chi connectivity index (χ1v) is 13.3. The van der Waals surface area contributed by atoms with Crippen LogP contribution in [-0.2, 0) is 9.53 Å². The molecule has 1 unspecified atom stereocenters. The first-order valence-electron chi connectivity index (χ1n) is 11.7. The Morgan fingerprint density at radius 2 is 2.00 bits per heavy atom. The number of thiazole rings is 1. The summed E-state index contributed by atoms with van der Waals surface area (Å²) in [7, 11) is 1.58. The number of allylic oxidation sites excluding steroid dienone is 1. The third kappa shape index (κ3) is 4.94. The topological polar surface area (TPSA) is 83.0 Å². The van der Waals surface area contributed by atoms with Crippen molar-refractivity contribution in [1.29, 1.82) is 0 Å². The van der Waals surface area contributed by atoms with Gasteiger partial charge in [-0.3, -0.25) is 9.36 Å². The smallest absolute Gasteiger partial charge is 0.338 e. The van der Waals surface area contributed by atoms with Crippen molar-refractivity contribution < 1.29 is 18.7 Å². The van der Waals surface area contributed by atoms with Gasteiger partial charge in [0.2, 0.25) is 0 Å². The van der Waals surface area contributed by atoms with Crippen molar-refractivity contribution in [3.8, 4) is 17.1 Å². The molecule has 0 N–H and O–H groups in total. The van der Waals surface area contributed by atoms with Gasteiger partial charge in [0.05, 0.1) is 29.0 Å². The fourth-order valence-corrected chi connectivity index (χ4v) is 5.68. The lowest BCUT2D eigenvalue weighted by Gasteiger charge is -2.24. The average molecular weight is 591 g/mol. The SMILES string of the molecule is C=CCOC(=O)C1=C(C)N=c2sc(=Cc3ccc(-c4cccc(Br)c4)o3)c(=O)n2C1c1ccc(OC)cc1. The lowest BCUT2D eigenvalue weighted by Crippen LogP contribution is -2.39. The van der Waals surface area contributed by atoms with Gasteiger partial charge in [0.25, 0.3) is 5.56 Å². The van der Waals surface area contributed by atoms with Gasteiger partial charge in [-0.05, 0) is 48.9 Å². The quantitative estimate of drug-likeness (QED) is 0.223. The number of hydrogen-bond donors (Lipinski definition) is 0. The number of furan rings is 1. The van der Waals surface area contributed by atoms with Crippen LogP contribution in [0, 0.1) is 0 Å². The molecule has 0 spiro atoms. The molecule has 0 saturated carbocycles. The number of esters is 1. The van der Waals surface area contributed by atoms with Gasteiger partial charge in [0.1, 0.15) is 23.9 Å². The maximum absolute atomic E-state index is 13.8. The van der Waals surface area contributed by atoms with Crippen molar-refractivity contribution in [3.05, 3.63) is 120 Å². The average Bonchev–Trinajstić information content (AvgIpc) is 3.51. The van der Waals surface area contributed by atoms with Gasteiger partial charge in [-0.25, -0.2) is 9.79 Å². The van der Waals surface area contributed by atoms with Crippen LogP contribution in [0.3, 0.4) is 0 Å². The number of carbonyl (C=O) groups excluding carboxylic acids is 1. The minimum absolute atomic E-state index is 0.0498. The van der Waals surface area contributed by atoms with Gasteiger partial charge in [0, 0.05) is 16.1 Å². The molecule has 1 atom stereocenters. The molecule has 5 rings (SSSR count). The third-order valence-corrected chi connectivity index (χ3v) is 7.49. The van der Waals surface area contributed by atoms with E-state index in [4.69, 9.17) is 13.9 Å². The standard InChI is InChI=1S/C29H23BrN2O5S/c1-4-14-36-28(34)25-17(2)31-29-32(26(25)18-8-10-21(35-3)11-9-18)27(33)24(38-29)16-22-12-13-23(37-22)19-6-5-7-20(30)15-19/h4-13,15-16,26H,1,14H2,2-3H3. The van der Waals surface area contributed by atoms with Crippen molar-refractivity contribution in [2.75, 3.05) is 13.7 Å². The Hall–Kier alpha value is -3.95. The largest absolute Gasteiger partial charge is 0.497 e. The molecule has 0 fully saturated rings. The summed E-state index contributed by atoms with van der Waals surface area (Å²) in [5, 5.41) is 0. The zero-order valence-corrected chi connectivity index (χ0v) is 23.0. The number of ether oxygens (including phenoxy) is 2. The summed E-state index contributed by atoms with van der Waals surface area (Å²) in [4.78, 5) is 31.9. The first-order chi connectivity index (χ1) is 18.4. The number of rotatable bonds is 7. The number of halogens is 1. The summed E-state index contributed by atoms with van der Waals surface area (Å²) in [5.74, 6) is 1.33. The van der Waals surface area contributed by atoms with Crippen LogP contribution in [0.5, 0.6) is 5.75 Å². The van der Waals surface area contributed by atoms with E-state index in [-0.39, 0.29) is 12.2 Å². The van der Waals surface area contributed by atoms with Crippen LogP contribution in [0.15, 0.2) is 103 Å². The van der Waals surface area contributed by atoms with E-state index in [2.05, 4.69) is 27.5 Å². The van der Waals surface area contributed by atoms with E-state index >= 15 is 0 Å². The molecule has 0 amide bonds. The fraction of sp³-hybridized carbons (Fsp3) is 0.138. The lowest BCUT2D eigenvalue weighted by molar-refractivity contribution is -0.138. The van der Waals surface area contributed by atoms with Crippen molar-refractivity contribution in [2.45, 2.75) is 13.0 Å². The highest BCUT2D eigenvalue weighted by molar-refractivity contribution is 9.10. The summed E-state index contributed by atoms with van der Waals surface area (Å²) < 4.78 is 19.6. The molecule has 0 bridgehead atoms. The molecule has 0 radical (unpaired) electrons. The lowest BCUT2D eigenvalue weighted by atomic mass is 9.96. The van der Waals surface area contributed by atoms with Crippen molar-refractivity contribution >= 4 is 39.3 Å². The summed E-state index contributed by atoms with van der Waals surface area (Å²) >= 11 is 4.72. The zero-order valence-electron chi connectivity index (χ0n) is 20.6. The highest BCUT2D eigenvalue weighted by Gasteiger charge is 2.33. The third-order valence-electron chi connectivity index (χ3n) is 6.01. The predicted molar refractivity (Wildman–Crippen MR) is 150 cm³/mol. The van der Waals surface area contributed by atoms with Crippen molar-refractivity contribution in [1.82, 2.24) is 4.57 Å². The van der Waals surface area contributed by atoms with Crippen molar-refractivity contribution in [3.63, 3.8) is 0 Å². The normalized spacial score (nSPS) is 15.1. The van der Waals surface area contributed by atoms with Crippen LogP contribution in [0.2, 0.25) is 0 Å². The molecule has 9 heteroatoms. The molecule has 2 aromatic heterocycles. The predicted octanol–water partition coefficient (Wildman–Crippen LogP) is 5.00. The van der Waals surface area contributed by atoms with Crippen LogP contribution in [-0.4, -0.2) is 24.3 Å². The summed E-state index contributed by atoms with van der Waals surface area (Å²) in [6, 6.07) is 18.0. The van der Waals surface area contributed by atoms with Gasteiger partial charge in [-0.1, -0.05) is 64.2 Å². The number of hydrogen-bond acceptors (Lipinski definition) is 7. The monoisotopic (exact) mass is 590 g/mol. The summed E-state index contributed by atoms with van der Waals surface area (Å²) in [6.07, 6.45) is 3.20. The number of carbonyl (C=O) groups is 1. The fourth-order valence-electron chi connectivity index (χ4n) is 4.25. The minimum Gasteiger partial charge on any atom is -0.497 e. The maximum Gasteiger partial charge on any atom is 0.338 e. The molecule has 7 nitrogen and oxygen atoms in total. The highest BCUT2D eigenvalue weighted by atomic mass is 79.9. The van der Waals surface area contributed by atoms with Gasteiger partial charge in [-0.15, -0.1) is 0 Å². The molecule has 1 aliphatic heterocycles. The second kappa shape index (κ2) is 10.8. The van der Waals surface area contributed by atoms with E-state index in [0.717, 1.165) is 15.6 Å². The number of nitrogens with zero attached hydrogens (tertiary/aromatic N) is 2. The zero-order chi connectivity index (χ0) is 26.8. The number of aromatic nitrogens is 1. The van der Waals surface area contributed by atoms with E-state index in [9.17, 15) is 9.59 Å². The van der Waals surface area contributed by atoms with Gasteiger partial charge < -0.3 is 13.9 Å². The van der Waals surface area contributed by atoms with Gasteiger partial charge in [-0.2, -0.15) is 0 Å². The highest BCUT2D eigenvalue weighted by Crippen LogP contribution is 2.32. The van der Waals surface area contributed by atoms with Crippen LogP contribution in [0.1, 0.15) is 24.3 Å². The molecule has 38 heavy (non-hydrogen) atoms. The Bertz CT molecular complexity index is 1740. The van der Waals surface area contributed by atoms with Crippen molar-refractivity contribution in [2.24, 2.45) is 4.99 Å². The molecule has 3 heterocycles. The molecule has 2 aromatic carbocycles. The Morgan fingerprint density at radius 1 is 1.21 bits per heavy atom. The van der Waals surface area contributed by atoms with E-state index in [1.54, 1.807) is 32.2 Å². The Morgan fingerprint density at radius 3 is 2.71 bits per heavy atom. The molecule has 4 aromatic rings. The summed E-state index contributed by atoms with van der Waals surface area (Å²) in [5.41, 5.74) is 2.15. The minimum atomic E-state index is -0.717. The number of fused-ring (bicyclic) bond motifs is 1. The molecular weight excluding hydrogens is 568 g/mol. The maximum atomic E-state index is 13.8. The number of benzene rings is 2. The molecular formula is C29H23BrN2O5S. The van der Waals surface area contributed by atoms with Crippen LogP contribution in [0.4, 0.5) is 0 Å². The van der Waals surface area contributed by atoms with Gasteiger partial charge >= 0.3 is 5.97 Å². The first kappa shape index (κ1) is 25.7. The number of methoxy groups -OCH3 is 1.